The number of benzene rings is 1. The molecule has 2 aromatic rings. The van der Waals surface area contributed by atoms with Gasteiger partial charge in [0, 0.05) is 10.0 Å². The van der Waals surface area contributed by atoms with Gasteiger partial charge in [0.2, 0.25) is 0 Å². The summed E-state index contributed by atoms with van der Waals surface area (Å²) in [6.07, 6.45) is 1.74. The second kappa shape index (κ2) is 5.87. The van der Waals surface area contributed by atoms with Crippen molar-refractivity contribution in [1.82, 2.24) is 9.97 Å². The van der Waals surface area contributed by atoms with Gasteiger partial charge in [-0.05, 0) is 34.3 Å². The molecular formula is C12H7BrClN3O2S. The van der Waals surface area contributed by atoms with Crippen LogP contribution < -0.4 is 5.56 Å². The van der Waals surface area contributed by atoms with Gasteiger partial charge in [-0.2, -0.15) is 5.26 Å². The van der Waals surface area contributed by atoms with E-state index in [1.807, 2.05) is 0 Å². The van der Waals surface area contributed by atoms with Gasteiger partial charge in [0.1, 0.15) is 23.1 Å². The van der Waals surface area contributed by atoms with Crippen molar-refractivity contribution in [1.29, 1.82) is 5.26 Å². The average Bonchev–Trinajstić information content (AvgIpc) is 2.42. The lowest BCUT2D eigenvalue weighted by atomic mass is 10.1. The first-order valence-electron chi connectivity index (χ1n) is 5.24. The van der Waals surface area contributed by atoms with E-state index < -0.39 is 5.56 Å². The Morgan fingerprint density at radius 2 is 2.25 bits per heavy atom. The molecule has 0 saturated heterocycles. The van der Waals surface area contributed by atoms with Crippen LogP contribution >= 0.6 is 39.3 Å². The maximum absolute atomic E-state index is 11.8. The van der Waals surface area contributed by atoms with E-state index in [9.17, 15) is 9.90 Å². The number of nitrogens with one attached hydrogen (secondary N) is 1. The molecule has 2 rings (SSSR count). The Hall–Kier alpha value is -1.49. The van der Waals surface area contributed by atoms with Crippen molar-refractivity contribution in [3.05, 3.63) is 37.5 Å². The van der Waals surface area contributed by atoms with Crippen LogP contribution in [0.4, 0.5) is 0 Å². The van der Waals surface area contributed by atoms with E-state index in [0.29, 0.717) is 14.7 Å². The number of thioether (sulfide) groups is 1. The van der Waals surface area contributed by atoms with Crippen LogP contribution in [-0.4, -0.2) is 21.3 Å². The van der Waals surface area contributed by atoms with Crippen LogP contribution in [0.25, 0.3) is 11.3 Å². The Bertz CT molecular complexity index is 785. The van der Waals surface area contributed by atoms with Gasteiger partial charge in [-0.3, -0.25) is 4.79 Å². The van der Waals surface area contributed by atoms with Gasteiger partial charge in [0.15, 0.2) is 5.16 Å². The summed E-state index contributed by atoms with van der Waals surface area (Å²) in [4.78, 5) is 18.5. The van der Waals surface area contributed by atoms with Crippen molar-refractivity contribution >= 4 is 39.3 Å². The van der Waals surface area contributed by atoms with E-state index >= 15 is 0 Å². The van der Waals surface area contributed by atoms with Crippen LogP contribution in [-0.2, 0) is 0 Å². The van der Waals surface area contributed by atoms with Crippen LogP contribution in [0.2, 0.25) is 5.02 Å². The second-order valence-corrected chi connectivity index (χ2v) is 5.75. The lowest BCUT2D eigenvalue weighted by Gasteiger charge is -2.08. The van der Waals surface area contributed by atoms with Crippen LogP contribution in [0.15, 0.2) is 26.6 Å². The molecule has 0 unspecified atom stereocenters. The number of hydrogen-bond acceptors (Lipinski definition) is 5. The molecule has 0 fully saturated rings. The van der Waals surface area contributed by atoms with E-state index in [0.717, 1.165) is 0 Å². The predicted octanol–water partition coefficient (Wildman–Crippen LogP) is 3.15. The number of aromatic nitrogens is 2. The summed E-state index contributed by atoms with van der Waals surface area (Å²) in [5.41, 5.74) is -0.388. The number of halogens is 2. The Morgan fingerprint density at radius 3 is 2.85 bits per heavy atom. The largest absolute Gasteiger partial charge is 0.507 e. The molecule has 5 nitrogen and oxygen atoms in total. The summed E-state index contributed by atoms with van der Waals surface area (Å²) in [5.74, 6) is -0.122. The smallest absolute Gasteiger partial charge is 0.270 e. The fraction of sp³-hybridized carbons (Fsp3) is 0.0833. The molecule has 20 heavy (non-hydrogen) atoms. The maximum atomic E-state index is 11.8. The number of phenols is 1. The number of H-pyrrole nitrogens is 1. The summed E-state index contributed by atoms with van der Waals surface area (Å²) in [5, 5.41) is 19.8. The van der Waals surface area contributed by atoms with Crippen molar-refractivity contribution in [3.8, 4) is 23.1 Å². The van der Waals surface area contributed by atoms with Gasteiger partial charge in [-0.25, -0.2) is 4.98 Å². The zero-order chi connectivity index (χ0) is 14.9. The van der Waals surface area contributed by atoms with E-state index in [2.05, 4.69) is 25.9 Å². The summed E-state index contributed by atoms with van der Waals surface area (Å²) >= 11 is 10.4. The van der Waals surface area contributed by atoms with Crippen LogP contribution in [0.3, 0.4) is 0 Å². The van der Waals surface area contributed by atoms with Crippen molar-refractivity contribution in [2.75, 3.05) is 6.26 Å². The highest BCUT2D eigenvalue weighted by Crippen LogP contribution is 2.36. The maximum Gasteiger partial charge on any atom is 0.270 e. The zero-order valence-corrected chi connectivity index (χ0v) is 13.2. The molecule has 8 heteroatoms. The molecule has 2 N–H and O–H groups in total. The first-order chi connectivity index (χ1) is 9.47. The fourth-order valence-corrected chi connectivity index (χ4v) is 2.45. The van der Waals surface area contributed by atoms with Gasteiger partial charge >= 0.3 is 0 Å². The molecule has 0 saturated carbocycles. The molecule has 0 aliphatic carbocycles. The zero-order valence-electron chi connectivity index (χ0n) is 10.1. The molecule has 0 aliphatic rings. The topological polar surface area (TPSA) is 89.8 Å². The second-order valence-electron chi connectivity index (χ2n) is 3.69. The molecule has 0 spiro atoms. The Balaban J connectivity index is 2.82. The Labute approximate surface area is 131 Å². The molecule has 1 aromatic carbocycles. The third-order valence-corrected chi connectivity index (χ3v) is 4.27. The summed E-state index contributed by atoms with van der Waals surface area (Å²) in [7, 11) is 0. The molecule has 0 aliphatic heterocycles. The van der Waals surface area contributed by atoms with Crippen molar-refractivity contribution in [3.63, 3.8) is 0 Å². The van der Waals surface area contributed by atoms with E-state index in [-0.39, 0.29) is 22.6 Å². The summed E-state index contributed by atoms with van der Waals surface area (Å²) in [6, 6.07) is 4.63. The minimum Gasteiger partial charge on any atom is -0.507 e. The molecule has 1 heterocycles. The van der Waals surface area contributed by atoms with Crippen molar-refractivity contribution < 1.29 is 5.11 Å². The molecule has 0 atom stereocenters. The predicted molar refractivity (Wildman–Crippen MR) is 81.2 cm³/mol. The Kier molecular flexibility index (Phi) is 4.38. The normalized spacial score (nSPS) is 10.3. The fourth-order valence-electron chi connectivity index (χ4n) is 1.57. The first-order valence-corrected chi connectivity index (χ1v) is 7.64. The minimum absolute atomic E-state index is 0.104. The molecule has 1 aromatic heterocycles. The van der Waals surface area contributed by atoms with Gasteiger partial charge < -0.3 is 10.1 Å². The van der Waals surface area contributed by atoms with Crippen molar-refractivity contribution in [2.24, 2.45) is 0 Å². The number of nitriles is 1. The monoisotopic (exact) mass is 371 g/mol. The summed E-state index contributed by atoms with van der Waals surface area (Å²) < 4.78 is 0.508. The van der Waals surface area contributed by atoms with Crippen LogP contribution in [0, 0.1) is 11.3 Å². The van der Waals surface area contributed by atoms with Gasteiger partial charge in [0.25, 0.3) is 5.56 Å². The molecule has 102 valence electrons. The first kappa shape index (κ1) is 14.9. The highest BCUT2D eigenvalue weighted by molar-refractivity contribution is 9.10. The number of aromatic amines is 1. The van der Waals surface area contributed by atoms with Gasteiger partial charge in [-0.15, -0.1) is 0 Å². The SMILES string of the molecule is CSc1nc(-c2cc(Cl)c(Br)cc2O)c(C#N)c(=O)[nH]1. The van der Waals surface area contributed by atoms with E-state index in [1.165, 1.54) is 23.9 Å². The van der Waals surface area contributed by atoms with E-state index in [1.54, 1.807) is 12.3 Å². The highest BCUT2D eigenvalue weighted by Gasteiger charge is 2.17. The molecular weight excluding hydrogens is 366 g/mol. The number of rotatable bonds is 2. The number of hydrogen-bond donors (Lipinski definition) is 2. The molecule has 0 amide bonds. The molecule has 0 radical (unpaired) electrons. The van der Waals surface area contributed by atoms with E-state index in [4.69, 9.17) is 16.9 Å². The van der Waals surface area contributed by atoms with Crippen LogP contribution in [0.5, 0.6) is 5.75 Å². The van der Waals surface area contributed by atoms with Gasteiger partial charge in [0.05, 0.1) is 5.02 Å². The Morgan fingerprint density at radius 1 is 1.55 bits per heavy atom. The number of aromatic hydroxyl groups is 1. The van der Waals surface area contributed by atoms with Crippen LogP contribution in [0.1, 0.15) is 5.56 Å². The quantitative estimate of drug-likeness (QED) is 0.624. The third kappa shape index (κ3) is 2.68. The minimum atomic E-state index is -0.555. The third-order valence-electron chi connectivity index (χ3n) is 2.50. The van der Waals surface area contributed by atoms with Crippen molar-refractivity contribution in [2.45, 2.75) is 5.16 Å². The number of phenolic OH excluding ortho intramolecular Hbond substituents is 1. The van der Waals surface area contributed by atoms with Gasteiger partial charge in [-0.1, -0.05) is 23.4 Å². The lowest BCUT2D eigenvalue weighted by Crippen LogP contribution is -2.14. The average molecular weight is 373 g/mol. The number of nitrogens with zero attached hydrogens (tertiary/aromatic N) is 2. The standard InChI is InChI=1S/C12H7BrClN3O2S/c1-20-12-16-10(6(4-15)11(19)17-12)5-2-8(14)7(13)3-9(5)18/h2-3,18H,1H3,(H,16,17,19). The lowest BCUT2D eigenvalue weighted by molar-refractivity contribution is 0.476. The highest BCUT2D eigenvalue weighted by atomic mass is 79.9. The molecule has 0 bridgehead atoms. The summed E-state index contributed by atoms with van der Waals surface area (Å²) in [6.45, 7) is 0.